The third-order valence-electron chi connectivity index (χ3n) is 4.13. The van der Waals surface area contributed by atoms with Gasteiger partial charge in [0.1, 0.15) is 0 Å². The van der Waals surface area contributed by atoms with Crippen molar-refractivity contribution in [1.82, 2.24) is 15.2 Å². The average Bonchev–Trinajstić information content (AvgIpc) is 3.09. The highest BCUT2D eigenvalue weighted by molar-refractivity contribution is 5.82. The van der Waals surface area contributed by atoms with Crippen LogP contribution in [0.3, 0.4) is 0 Å². The molecule has 0 aromatic carbocycles. The topological polar surface area (TPSA) is 48.1 Å². The zero-order valence-corrected chi connectivity index (χ0v) is 10.7. The molecule has 1 unspecified atom stereocenters. The van der Waals surface area contributed by atoms with Gasteiger partial charge in [-0.25, -0.2) is 0 Å². The van der Waals surface area contributed by atoms with E-state index >= 15 is 0 Å². The largest absolute Gasteiger partial charge is 0.363 e. The van der Waals surface area contributed by atoms with Crippen molar-refractivity contribution in [1.29, 1.82) is 0 Å². The number of aromatic amines is 1. The molecule has 4 nitrogen and oxygen atoms in total. The highest BCUT2D eigenvalue weighted by Gasteiger charge is 2.34. The van der Waals surface area contributed by atoms with E-state index in [1.165, 1.54) is 18.5 Å². The number of hydrogen-bond acceptors (Lipinski definition) is 2. The molecule has 0 saturated carbocycles. The molecule has 0 bridgehead atoms. The Morgan fingerprint density at radius 3 is 2.94 bits per heavy atom. The summed E-state index contributed by atoms with van der Waals surface area (Å²) in [4.78, 5) is 17.9. The molecule has 2 N–H and O–H groups in total. The van der Waals surface area contributed by atoms with Crippen LogP contribution in [0.5, 0.6) is 0 Å². The molecule has 1 aromatic rings. The maximum absolute atomic E-state index is 12.6. The van der Waals surface area contributed by atoms with E-state index in [9.17, 15) is 4.79 Å². The van der Waals surface area contributed by atoms with Crippen LogP contribution in [0.4, 0.5) is 0 Å². The first-order valence-corrected chi connectivity index (χ1v) is 7.03. The van der Waals surface area contributed by atoms with Crippen molar-refractivity contribution in [2.24, 2.45) is 0 Å². The fourth-order valence-electron chi connectivity index (χ4n) is 3.17. The van der Waals surface area contributed by atoms with Gasteiger partial charge in [0.05, 0.1) is 12.1 Å². The summed E-state index contributed by atoms with van der Waals surface area (Å²) in [6.07, 6.45) is 7.50. The quantitative estimate of drug-likeness (QED) is 0.837. The van der Waals surface area contributed by atoms with E-state index in [1.54, 1.807) is 0 Å². The summed E-state index contributed by atoms with van der Waals surface area (Å²) in [5.74, 6) is 0.298. The van der Waals surface area contributed by atoms with Gasteiger partial charge in [0, 0.05) is 18.4 Å². The van der Waals surface area contributed by atoms with Gasteiger partial charge < -0.3 is 15.2 Å². The Balaban J connectivity index is 1.72. The smallest absolute Gasteiger partial charge is 0.240 e. The van der Waals surface area contributed by atoms with Crippen LogP contribution in [0.15, 0.2) is 18.3 Å². The Morgan fingerprint density at radius 2 is 2.22 bits per heavy atom. The van der Waals surface area contributed by atoms with Crippen LogP contribution in [-0.2, 0) is 4.79 Å². The van der Waals surface area contributed by atoms with Crippen molar-refractivity contribution < 1.29 is 4.79 Å². The van der Waals surface area contributed by atoms with Crippen LogP contribution in [0, 0.1) is 0 Å². The van der Waals surface area contributed by atoms with Crippen molar-refractivity contribution in [2.45, 2.75) is 44.2 Å². The van der Waals surface area contributed by atoms with Gasteiger partial charge in [-0.3, -0.25) is 4.79 Å². The van der Waals surface area contributed by atoms with E-state index in [1.807, 2.05) is 12.3 Å². The van der Waals surface area contributed by atoms with Gasteiger partial charge in [0.2, 0.25) is 5.91 Å². The molecule has 2 saturated heterocycles. The predicted molar refractivity (Wildman–Crippen MR) is 70.1 cm³/mol. The second-order valence-electron chi connectivity index (χ2n) is 5.32. The molecule has 3 heterocycles. The molecule has 3 rings (SSSR count). The molecule has 18 heavy (non-hydrogen) atoms. The number of carbonyl (C=O) groups excluding carboxylic acids is 1. The third-order valence-corrected chi connectivity index (χ3v) is 4.13. The Hall–Kier alpha value is -1.29. The van der Waals surface area contributed by atoms with Gasteiger partial charge in [-0.15, -0.1) is 0 Å². The summed E-state index contributed by atoms with van der Waals surface area (Å²) < 4.78 is 0. The lowest BCUT2D eigenvalue weighted by molar-refractivity contribution is -0.135. The highest BCUT2D eigenvalue weighted by atomic mass is 16.2. The van der Waals surface area contributed by atoms with Gasteiger partial charge in [-0.1, -0.05) is 6.42 Å². The molecule has 1 amide bonds. The fraction of sp³-hybridized carbons (Fsp3) is 0.643. The van der Waals surface area contributed by atoms with Crippen molar-refractivity contribution in [3.63, 3.8) is 0 Å². The van der Waals surface area contributed by atoms with E-state index in [2.05, 4.69) is 21.3 Å². The number of likely N-dealkylation sites (tertiary alicyclic amines) is 1. The first kappa shape index (κ1) is 11.8. The van der Waals surface area contributed by atoms with Gasteiger partial charge in [0.25, 0.3) is 0 Å². The SMILES string of the molecule is O=C([C@@H]1CCCCN1)N1CCCC1c1ccc[nH]1. The van der Waals surface area contributed by atoms with Crippen molar-refractivity contribution in [3.8, 4) is 0 Å². The molecule has 2 aliphatic heterocycles. The molecule has 2 atom stereocenters. The van der Waals surface area contributed by atoms with E-state index in [0.29, 0.717) is 5.91 Å². The number of amides is 1. The number of aromatic nitrogens is 1. The van der Waals surface area contributed by atoms with Crippen LogP contribution in [-0.4, -0.2) is 34.9 Å². The molecule has 2 fully saturated rings. The molecular formula is C14H21N3O. The first-order chi connectivity index (χ1) is 8.86. The predicted octanol–water partition coefficient (Wildman–Crippen LogP) is 1.82. The van der Waals surface area contributed by atoms with Gasteiger partial charge in [-0.05, 0) is 44.4 Å². The number of H-pyrrole nitrogens is 1. The second kappa shape index (κ2) is 5.14. The number of carbonyl (C=O) groups is 1. The van der Waals surface area contributed by atoms with Crippen LogP contribution in [0.25, 0.3) is 0 Å². The third kappa shape index (κ3) is 2.17. The van der Waals surface area contributed by atoms with Crippen LogP contribution < -0.4 is 5.32 Å². The minimum absolute atomic E-state index is 0.0503. The van der Waals surface area contributed by atoms with Crippen LogP contribution in [0.2, 0.25) is 0 Å². The van der Waals surface area contributed by atoms with Crippen molar-refractivity contribution in [2.75, 3.05) is 13.1 Å². The molecule has 0 spiro atoms. The van der Waals surface area contributed by atoms with E-state index in [-0.39, 0.29) is 12.1 Å². The van der Waals surface area contributed by atoms with Crippen molar-refractivity contribution >= 4 is 5.91 Å². The Kier molecular flexibility index (Phi) is 3.37. The van der Waals surface area contributed by atoms with Gasteiger partial charge >= 0.3 is 0 Å². The van der Waals surface area contributed by atoms with E-state index < -0.39 is 0 Å². The highest BCUT2D eigenvalue weighted by Crippen LogP contribution is 2.31. The minimum Gasteiger partial charge on any atom is -0.363 e. The molecule has 4 heteroatoms. The average molecular weight is 247 g/mol. The second-order valence-corrected chi connectivity index (χ2v) is 5.32. The molecular weight excluding hydrogens is 226 g/mol. The fourth-order valence-corrected chi connectivity index (χ4v) is 3.17. The summed E-state index contributed by atoms with van der Waals surface area (Å²) >= 11 is 0. The minimum atomic E-state index is 0.0503. The Morgan fingerprint density at radius 1 is 1.28 bits per heavy atom. The summed E-state index contributed by atoms with van der Waals surface area (Å²) in [6, 6.07) is 4.41. The zero-order chi connectivity index (χ0) is 12.4. The molecule has 0 aliphatic carbocycles. The van der Waals surface area contributed by atoms with E-state index in [4.69, 9.17) is 0 Å². The van der Waals surface area contributed by atoms with Crippen LogP contribution >= 0.6 is 0 Å². The lowest BCUT2D eigenvalue weighted by atomic mass is 10.0. The molecule has 0 radical (unpaired) electrons. The lowest BCUT2D eigenvalue weighted by Gasteiger charge is -2.31. The zero-order valence-electron chi connectivity index (χ0n) is 10.7. The standard InChI is InChI=1S/C14H21N3O/c18-14(12-5-1-2-8-16-12)17-10-4-7-13(17)11-6-3-9-15-11/h3,6,9,12-13,15-16H,1-2,4-5,7-8,10H2/t12-,13?/m0/s1. The first-order valence-electron chi connectivity index (χ1n) is 7.03. The Bertz CT molecular complexity index is 395. The normalized spacial score (nSPS) is 28.6. The molecule has 98 valence electrons. The van der Waals surface area contributed by atoms with E-state index in [0.717, 1.165) is 32.4 Å². The maximum atomic E-state index is 12.6. The maximum Gasteiger partial charge on any atom is 0.240 e. The number of nitrogens with one attached hydrogen (secondary N) is 2. The number of rotatable bonds is 2. The van der Waals surface area contributed by atoms with Gasteiger partial charge in [-0.2, -0.15) is 0 Å². The monoisotopic (exact) mass is 247 g/mol. The molecule has 1 aromatic heterocycles. The number of piperidine rings is 1. The van der Waals surface area contributed by atoms with Gasteiger partial charge in [0.15, 0.2) is 0 Å². The number of hydrogen-bond donors (Lipinski definition) is 2. The lowest BCUT2D eigenvalue weighted by Crippen LogP contribution is -2.48. The summed E-state index contributed by atoms with van der Waals surface area (Å²) in [6.45, 7) is 1.89. The summed E-state index contributed by atoms with van der Waals surface area (Å²) in [7, 11) is 0. The Labute approximate surface area is 108 Å². The van der Waals surface area contributed by atoms with Crippen LogP contribution in [0.1, 0.15) is 43.8 Å². The molecule has 2 aliphatic rings. The summed E-state index contributed by atoms with van der Waals surface area (Å²) in [5.41, 5.74) is 1.18. The summed E-state index contributed by atoms with van der Waals surface area (Å²) in [5, 5.41) is 3.36. The van der Waals surface area contributed by atoms with Crippen molar-refractivity contribution in [3.05, 3.63) is 24.0 Å². The number of nitrogens with zero attached hydrogens (tertiary/aromatic N) is 1.